The Morgan fingerprint density at radius 1 is 1.17 bits per heavy atom. The maximum absolute atomic E-state index is 12.9. The van der Waals surface area contributed by atoms with Crippen LogP contribution in [0.3, 0.4) is 0 Å². The van der Waals surface area contributed by atoms with Crippen LogP contribution in [0.1, 0.15) is 42.9 Å². The number of benzene rings is 1. The summed E-state index contributed by atoms with van der Waals surface area (Å²) in [4.78, 5) is 14.9. The molecule has 1 aliphatic carbocycles. The molecule has 4 rings (SSSR count). The third-order valence-corrected chi connectivity index (χ3v) is 5.42. The topological polar surface area (TPSA) is 41.6 Å². The van der Waals surface area contributed by atoms with Gasteiger partial charge in [-0.2, -0.15) is 0 Å². The van der Waals surface area contributed by atoms with E-state index in [1.54, 1.807) is 0 Å². The zero-order chi connectivity index (χ0) is 15.6. The molecule has 1 unspecified atom stereocenters. The number of nitrogens with one attached hydrogen (secondary N) is 1. The molecule has 4 heteroatoms. The minimum Gasteiger partial charge on any atom is -0.363 e. The third kappa shape index (κ3) is 3.43. The molecule has 1 aromatic carbocycles. The summed E-state index contributed by atoms with van der Waals surface area (Å²) in [5, 5.41) is 3.67. The van der Waals surface area contributed by atoms with Crippen molar-refractivity contribution in [2.75, 3.05) is 26.2 Å². The van der Waals surface area contributed by atoms with Crippen LogP contribution in [0.25, 0.3) is 0 Å². The molecule has 0 spiro atoms. The van der Waals surface area contributed by atoms with Crippen molar-refractivity contribution in [3.63, 3.8) is 0 Å². The minimum atomic E-state index is -0.393. The van der Waals surface area contributed by atoms with E-state index in [9.17, 15) is 4.79 Å². The molecule has 1 saturated carbocycles. The number of ether oxygens (including phenoxy) is 1. The van der Waals surface area contributed by atoms with E-state index in [4.69, 9.17) is 4.74 Å². The summed E-state index contributed by atoms with van der Waals surface area (Å²) in [7, 11) is 0. The van der Waals surface area contributed by atoms with Gasteiger partial charge in [-0.15, -0.1) is 0 Å². The van der Waals surface area contributed by atoms with Gasteiger partial charge in [0.15, 0.2) is 6.10 Å². The van der Waals surface area contributed by atoms with Crippen LogP contribution >= 0.6 is 0 Å². The van der Waals surface area contributed by atoms with Gasteiger partial charge in [0.2, 0.25) is 0 Å². The van der Waals surface area contributed by atoms with Gasteiger partial charge in [0.05, 0.1) is 6.61 Å². The van der Waals surface area contributed by atoms with Crippen molar-refractivity contribution in [3.8, 4) is 0 Å². The van der Waals surface area contributed by atoms with E-state index in [-0.39, 0.29) is 5.91 Å². The molecule has 4 nitrogen and oxygen atoms in total. The number of piperidine rings is 1. The molecule has 1 N–H and O–H groups in total. The van der Waals surface area contributed by atoms with E-state index in [1.807, 2.05) is 23.1 Å². The fourth-order valence-corrected chi connectivity index (χ4v) is 3.72. The Labute approximate surface area is 138 Å². The van der Waals surface area contributed by atoms with Crippen LogP contribution in [0, 0.1) is 5.92 Å². The van der Waals surface area contributed by atoms with Crippen molar-refractivity contribution in [1.29, 1.82) is 0 Å². The van der Waals surface area contributed by atoms with Crippen molar-refractivity contribution in [3.05, 3.63) is 35.4 Å². The van der Waals surface area contributed by atoms with E-state index in [2.05, 4.69) is 11.4 Å². The number of amides is 1. The Balaban J connectivity index is 1.35. The number of rotatable bonds is 4. The van der Waals surface area contributed by atoms with Gasteiger partial charge >= 0.3 is 0 Å². The average Bonchev–Trinajstić information content (AvgIpc) is 3.44. The summed E-state index contributed by atoms with van der Waals surface area (Å²) in [5.74, 6) is 1.07. The quantitative estimate of drug-likeness (QED) is 0.927. The SMILES string of the molecule is O=C(C1OCCc2ccccc21)N1CCC(NCC2CC2)CC1. The maximum Gasteiger partial charge on any atom is 0.256 e. The number of hydrogen-bond donors (Lipinski definition) is 1. The predicted molar refractivity (Wildman–Crippen MR) is 89.2 cm³/mol. The zero-order valence-electron chi connectivity index (χ0n) is 13.7. The number of likely N-dealkylation sites (tertiary alicyclic amines) is 1. The number of carbonyl (C=O) groups excluding carboxylic acids is 1. The van der Waals surface area contributed by atoms with Crippen molar-refractivity contribution in [1.82, 2.24) is 10.2 Å². The second-order valence-electron chi connectivity index (χ2n) is 7.15. The highest BCUT2D eigenvalue weighted by Gasteiger charge is 2.33. The highest BCUT2D eigenvalue weighted by Crippen LogP contribution is 2.30. The van der Waals surface area contributed by atoms with Crippen molar-refractivity contribution in [2.45, 2.75) is 44.2 Å². The predicted octanol–water partition coefficient (Wildman–Crippen LogP) is 2.29. The standard InChI is InChI=1S/C19H26N2O2/c22-19(18-17-4-2-1-3-15(17)9-12-23-18)21-10-7-16(8-11-21)20-13-14-5-6-14/h1-4,14,16,18,20H,5-13H2. The van der Waals surface area contributed by atoms with E-state index in [1.165, 1.54) is 18.4 Å². The molecule has 0 aromatic heterocycles. The lowest BCUT2D eigenvalue weighted by Crippen LogP contribution is -2.47. The molecule has 2 heterocycles. The first kappa shape index (κ1) is 15.2. The minimum absolute atomic E-state index is 0.151. The lowest BCUT2D eigenvalue weighted by atomic mass is 9.96. The third-order valence-electron chi connectivity index (χ3n) is 5.42. The number of nitrogens with zero attached hydrogens (tertiary/aromatic N) is 1. The first-order valence-corrected chi connectivity index (χ1v) is 9.03. The number of fused-ring (bicyclic) bond motifs is 1. The summed E-state index contributed by atoms with van der Waals surface area (Å²) in [5.41, 5.74) is 2.33. The van der Waals surface area contributed by atoms with E-state index >= 15 is 0 Å². The van der Waals surface area contributed by atoms with Crippen LogP contribution in [0.2, 0.25) is 0 Å². The summed E-state index contributed by atoms with van der Waals surface area (Å²) >= 11 is 0. The molecule has 1 saturated heterocycles. The molecular formula is C19H26N2O2. The van der Waals surface area contributed by atoms with Crippen LogP contribution in [-0.2, 0) is 16.0 Å². The van der Waals surface area contributed by atoms with Gasteiger partial charge in [-0.3, -0.25) is 4.79 Å². The van der Waals surface area contributed by atoms with Gasteiger partial charge in [-0.05, 0) is 55.7 Å². The monoisotopic (exact) mass is 314 g/mol. The van der Waals surface area contributed by atoms with Gasteiger partial charge in [0.1, 0.15) is 0 Å². The van der Waals surface area contributed by atoms with Crippen LogP contribution in [-0.4, -0.2) is 43.1 Å². The Kier molecular flexibility index (Phi) is 4.36. The van der Waals surface area contributed by atoms with Crippen molar-refractivity contribution in [2.24, 2.45) is 5.92 Å². The van der Waals surface area contributed by atoms with Crippen LogP contribution < -0.4 is 5.32 Å². The lowest BCUT2D eigenvalue weighted by Gasteiger charge is -2.36. The molecule has 0 bridgehead atoms. The smallest absolute Gasteiger partial charge is 0.256 e. The van der Waals surface area contributed by atoms with Crippen molar-refractivity contribution < 1.29 is 9.53 Å². The highest BCUT2D eigenvalue weighted by molar-refractivity contribution is 5.83. The fourth-order valence-electron chi connectivity index (χ4n) is 3.72. The zero-order valence-corrected chi connectivity index (χ0v) is 13.7. The van der Waals surface area contributed by atoms with Gasteiger partial charge in [-0.1, -0.05) is 24.3 Å². The molecule has 1 aromatic rings. The van der Waals surface area contributed by atoms with Crippen molar-refractivity contribution >= 4 is 5.91 Å². The number of carbonyl (C=O) groups is 1. The number of hydrogen-bond acceptors (Lipinski definition) is 3. The van der Waals surface area contributed by atoms with Crippen LogP contribution in [0.4, 0.5) is 0 Å². The normalized spacial score (nSPS) is 25.2. The molecule has 3 aliphatic rings. The Morgan fingerprint density at radius 3 is 2.74 bits per heavy atom. The van der Waals surface area contributed by atoms with E-state index in [0.29, 0.717) is 12.6 Å². The second kappa shape index (κ2) is 6.62. The molecule has 1 amide bonds. The van der Waals surface area contributed by atoms with E-state index < -0.39 is 6.10 Å². The first-order chi connectivity index (χ1) is 11.3. The van der Waals surface area contributed by atoms with Crippen LogP contribution in [0.5, 0.6) is 0 Å². The second-order valence-corrected chi connectivity index (χ2v) is 7.15. The Morgan fingerprint density at radius 2 is 1.96 bits per heavy atom. The molecule has 0 radical (unpaired) electrons. The van der Waals surface area contributed by atoms with Gasteiger partial charge in [0, 0.05) is 19.1 Å². The molecule has 2 fully saturated rings. The largest absolute Gasteiger partial charge is 0.363 e. The summed E-state index contributed by atoms with van der Waals surface area (Å²) in [6.45, 7) is 3.51. The summed E-state index contributed by atoms with van der Waals surface area (Å²) in [6, 6.07) is 8.79. The Hall–Kier alpha value is -1.39. The van der Waals surface area contributed by atoms with Gasteiger partial charge in [0.25, 0.3) is 5.91 Å². The maximum atomic E-state index is 12.9. The molecule has 23 heavy (non-hydrogen) atoms. The summed E-state index contributed by atoms with van der Waals surface area (Å²) in [6.07, 6.45) is 5.43. The van der Waals surface area contributed by atoms with Gasteiger partial charge in [-0.25, -0.2) is 0 Å². The first-order valence-electron chi connectivity index (χ1n) is 9.03. The highest BCUT2D eigenvalue weighted by atomic mass is 16.5. The molecular weight excluding hydrogens is 288 g/mol. The average molecular weight is 314 g/mol. The lowest BCUT2D eigenvalue weighted by molar-refractivity contribution is -0.146. The fraction of sp³-hybridized carbons (Fsp3) is 0.632. The molecule has 124 valence electrons. The molecule has 2 aliphatic heterocycles. The molecule has 1 atom stereocenters. The van der Waals surface area contributed by atoms with E-state index in [0.717, 1.165) is 50.4 Å². The van der Waals surface area contributed by atoms with Gasteiger partial charge < -0.3 is 15.0 Å². The van der Waals surface area contributed by atoms with Crippen LogP contribution in [0.15, 0.2) is 24.3 Å². The summed E-state index contributed by atoms with van der Waals surface area (Å²) < 4.78 is 5.83. The Bertz CT molecular complexity index is 562.